The highest BCUT2D eigenvalue weighted by atomic mass is 32.2. The summed E-state index contributed by atoms with van der Waals surface area (Å²) in [5.74, 6) is 0.707. The van der Waals surface area contributed by atoms with Crippen LogP contribution in [0, 0.1) is 0 Å². The molecule has 0 fully saturated rings. The molecule has 4 heteroatoms. The molecular formula is C52H35N3S. The van der Waals surface area contributed by atoms with Gasteiger partial charge in [-0.1, -0.05) is 158 Å². The summed E-state index contributed by atoms with van der Waals surface area (Å²) in [5, 5.41) is 2.96. The lowest BCUT2D eigenvalue weighted by Crippen LogP contribution is -2.01. The van der Waals surface area contributed by atoms with Gasteiger partial charge in [-0.3, -0.25) is 0 Å². The number of fused-ring (bicyclic) bond motifs is 6. The van der Waals surface area contributed by atoms with E-state index in [0.717, 1.165) is 40.1 Å². The third-order valence-corrected chi connectivity index (χ3v) is 12.5. The molecule has 2 aliphatic rings. The average molecular weight is 734 g/mol. The van der Waals surface area contributed by atoms with Gasteiger partial charge in [0.25, 0.3) is 0 Å². The summed E-state index contributed by atoms with van der Waals surface area (Å²) in [5.41, 5.74) is 16.1. The molecule has 1 aliphatic carbocycles. The Labute approximate surface area is 330 Å². The normalized spacial score (nSPS) is 14.5. The zero-order chi connectivity index (χ0) is 37.0. The number of hydrogen-bond acceptors (Lipinski definition) is 3. The summed E-state index contributed by atoms with van der Waals surface area (Å²) in [4.78, 5) is 11.7. The van der Waals surface area contributed by atoms with Crippen molar-refractivity contribution in [3.8, 4) is 61.8 Å². The highest BCUT2D eigenvalue weighted by Gasteiger charge is 2.31. The van der Waals surface area contributed by atoms with Crippen molar-refractivity contribution in [1.29, 1.82) is 0 Å². The lowest BCUT2D eigenvalue weighted by molar-refractivity contribution is 1.09. The second kappa shape index (κ2) is 13.5. The molecule has 0 bridgehead atoms. The number of allylic oxidation sites excluding steroid dienone is 3. The molecule has 0 amide bonds. The van der Waals surface area contributed by atoms with Crippen molar-refractivity contribution in [3.05, 3.63) is 200 Å². The molecule has 56 heavy (non-hydrogen) atoms. The Morgan fingerprint density at radius 1 is 0.482 bits per heavy atom. The summed E-state index contributed by atoms with van der Waals surface area (Å²) in [6.07, 6.45) is 7.88. The van der Waals surface area contributed by atoms with Gasteiger partial charge >= 0.3 is 0 Å². The monoisotopic (exact) mass is 733 g/mol. The Hall–Kier alpha value is -6.75. The number of aromatic nitrogens is 3. The van der Waals surface area contributed by atoms with Gasteiger partial charge in [-0.25, -0.2) is 9.97 Å². The van der Waals surface area contributed by atoms with E-state index < -0.39 is 0 Å². The highest BCUT2D eigenvalue weighted by Crippen LogP contribution is 2.53. The van der Waals surface area contributed by atoms with Crippen molar-refractivity contribution in [1.82, 2.24) is 14.5 Å². The first-order valence-electron chi connectivity index (χ1n) is 19.2. The SMILES string of the molecule is C1=CCC2Sc3c(cc(-n4c5ccccc5c5ccccc54)cc3-c3ccc(-c4nc(-c5ccccc5)cc(-c5cccc(-c6ccccc6)c5)n4)cc3)C2=C1. The number of nitrogens with zero attached hydrogens (tertiary/aromatic N) is 3. The summed E-state index contributed by atoms with van der Waals surface area (Å²) in [6.45, 7) is 0. The quantitative estimate of drug-likeness (QED) is 0.170. The smallest absolute Gasteiger partial charge is 0.160 e. The van der Waals surface area contributed by atoms with Crippen molar-refractivity contribution in [2.45, 2.75) is 16.6 Å². The maximum atomic E-state index is 5.22. The average Bonchev–Trinajstić information content (AvgIpc) is 3.83. The molecule has 11 rings (SSSR count). The van der Waals surface area contributed by atoms with Crippen LogP contribution in [0.5, 0.6) is 0 Å². The fourth-order valence-electron chi connectivity index (χ4n) is 8.39. The Morgan fingerprint density at radius 2 is 1.07 bits per heavy atom. The first kappa shape index (κ1) is 32.7. The molecule has 264 valence electrons. The minimum Gasteiger partial charge on any atom is -0.309 e. The van der Waals surface area contributed by atoms with Crippen molar-refractivity contribution in [3.63, 3.8) is 0 Å². The molecule has 9 aromatic rings. The minimum atomic E-state index is 0.425. The van der Waals surface area contributed by atoms with Crippen LogP contribution < -0.4 is 0 Å². The zero-order valence-corrected chi connectivity index (χ0v) is 31.3. The van der Waals surface area contributed by atoms with Crippen LogP contribution in [0.2, 0.25) is 0 Å². The molecule has 0 saturated heterocycles. The number of hydrogen-bond donors (Lipinski definition) is 0. The Bertz CT molecular complexity index is 2960. The second-order valence-electron chi connectivity index (χ2n) is 14.5. The highest BCUT2D eigenvalue weighted by molar-refractivity contribution is 8.01. The maximum absolute atomic E-state index is 5.22. The van der Waals surface area contributed by atoms with Gasteiger partial charge in [0.15, 0.2) is 5.82 Å². The second-order valence-corrected chi connectivity index (χ2v) is 15.7. The molecule has 3 heterocycles. The number of para-hydroxylation sites is 2. The van der Waals surface area contributed by atoms with Crippen LogP contribution >= 0.6 is 11.8 Å². The molecule has 1 unspecified atom stereocenters. The lowest BCUT2D eigenvalue weighted by atomic mass is 9.93. The molecule has 3 nitrogen and oxygen atoms in total. The van der Waals surface area contributed by atoms with E-state index in [9.17, 15) is 0 Å². The first-order chi connectivity index (χ1) is 27.7. The van der Waals surface area contributed by atoms with E-state index in [1.165, 1.54) is 60.2 Å². The van der Waals surface area contributed by atoms with Crippen molar-refractivity contribution in [2.24, 2.45) is 0 Å². The van der Waals surface area contributed by atoms with Gasteiger partial charge < -0.3 is 4.57 Å². The number of thioether (sulfide) groups is 1. The van der Waals surface area contributed by atoms with Gasteiger partial charge in [0, 0.05) is 43.3 Å². The van der Waals surface area contributed by atoms with E-state index in [0.29, 0.717) is 11.1 Å². The molecule has 1 atom stereocenters. The molecular weight excluding hydrogens is 699 g/mol. The fraction of sp³-hybridized carbons (Fsp3) is 0.0385. The molecule has 0 spiro atoms. The van der Waals surface area contributed by atoms with E-state index in [1.807, 2.05) is 17.8 Å². The molecule has 2 aromatic heterocycles. The Balaban J connectivity index is 1.05. The van der Waals surface area contributed by atoms with Crippen molar-refractivity contribution >= 4 is 39.1 Å². The zero-order valence-electron chi connectivity index (χ0n) is 30.5. The van der Waals surface area contributed by atoms with Crippen LogP contribution in [-0.2, 0) is 0 Å². The largest absolute Gasteiger partial charge is 0.309 e. The predicted molar refractivity (Wildman–Crippen MR) is 235 cm³/mol. The third-order valence-electron chi connectivity index (χ3n) is 11.1. The molecule has 1 aliphatic heterocycles. The van der Waals surface area contributed by atoms with Gasteiger partial charge in [-0.15, -0.1) is 11.8 Å². The van der Waals surface area contributed by atoms with E-state index in [4.69, 9.17) is 9.97 Å². The first-order valence-corrected chi connectivity index (χ1v) is 20.0. The van der Waals surface area contributed by atoms with Gasteiger partial charge in [-0.2, -0.15) is 0 Å². The van der Waals surface area contributed by atoms with Gasteiger partial charge in [-0.05, 0) is 76.2 Å². The molecule has 0 N–H and O–H groups in total. The predicted octanol–water partition coefficient (Wildman–Crippen LogP) is 13.7. The molecule has 0 radical (unpaired) electrons. The van der Waals surface area contributed by atoms with Crippen LogP contribution in [-0.4, -0.2) is 19.8 Å². The van der Waals surface area contributed by atoms with Crippen molar-refractivity contribution in [2.75, 3.05) is 0 Å². The summed E-state index contributed by atoms with van der Waals surface area (Å²) in [6, 6.07) is 62.9. The maximum Gasteiger partial charge on any atom is 0.160 e. The van der Waals surface area contributed by atoms with E-state index in [2.05, 4.69) is 193 Å². The minimum absolute atomic E-state index is 0.425. The van der Waals surface area contributed by atoms with Gasteiger partial charge in [0.1, 0.15) is 0 Å². The van der Waals surface area contributed by atoms with Crippen LogP contribution in [0.1, 0.15) is 12.0 Å². The number of benzene rings is 7. The molecule has 7 aromatic carbocycles. The van der Waals surface area contributed by atoms with Crippen LogP contribution in [0.4, 0.5) is 0 Å². The van der Waals surface area contributed by atoms with E-state index in [1.54, 1.807) is 0 Å². The Morgan fingerprint density at radius 3 is 1.80 bits per heavy atom. The van der Waals surface area contributed by atoms with Gasteiger partial charge in [0.05, 0.1) is 22.4 Å². The van der Waals surface area contributed by atoms with E-state index in [-0.39, 0.29) is 0 Å². The number of rotatable bonds is 6. The molecule has 0 saturated carbocycles. The van der Waals surface area contributed by atoms with Crippen LogP contribution in [0.25, 0.3) is 89.2 Å². The summed E-state index contributed by atoms with van der Waals surface area (Å²) in [7, 11) is 0. The fourth-order valence-corrected chi connectivity index (χ4v) is 9.82. The standard InChI is InChI=1S/C52H35N3S/c1-3-14-34(15-4-1)38-18-13-19-39(30-38)47-33-46(36-16-5-2-6-17-36)53-52(54-47)37-28-26-35(27-29-37)44-31-40(32-45-43-22-9-12-25-50(43)56-51(44)45)55-48-23-10-7-20-41(48)42-21-8-11-24-49(42)55/h1-24,26-33,50H,25H2. The third kappa shape index (κ3) is 5.61. The van der Waals surface area contributed by atoms with Gasteiger partial charge in [0.2, 0.25) is 0 Å². The van der Waals surface area contributed by atoms with Crippen molar-refractivity contribution < 1.29 is 0 Å². The van der Waals surface area contributed by atoms with Crippen LogP contribution in [0.3, 0.4) is 0 Å². The summed E-state index contributed by atoms with van der Waals surface area (Å²) >= 11 is 2.00. The Kier molecular flexibility index (Phi) is 7.89. The topological polar surface area (TPSA) is 30.7 Å². The van der Waals surface area contributed by atoms with E-state index >= 15 is 0 Å². The lowest BCUT2D eigenvalue weighted by Gasteiger charge is -2.15. The summed E-state index contributed by atoms with van der Waals surface area (Å²) < 4.78 is 2.44. The van der Waals surface area contributed by atoms with Crippen LogP contribution in [0.15, 0.2) is 199 Å².